The highest BCUT2D eigenvalue weighted by Gasteiger charge is 2.34. The van der Waals surface area contributed by atoms with Crippen molar-refractivity contribution in [3.05, 3.63) is 57.6 Å². The van der Waals surface area contributed by atoms with Crippen LogP contribution in [0.25, 0.3) is 11.1 Å². The van der Waals surface area contributed by atoms with Crippen LogP contribution in [-0.4, -0.2) is 22.8 Å². The number of aliphatic hydroxyl groups excluding tert-OH is 1. The summed E-state index contributed by atoms with van der Waals surface area (Å²) in [5, 5.41) is 10.9. The summed E-state index contributed by atoms with van der Waals surface area (Å²) in [6.07, 6.45) is -0.552. The van der Waals surface area contributed by atoms with Gasteiger partial charge in [0.1, 0.15) is 17.8 Å². The monoisotopic (exact) mass is 406 g/mol. The number of rotatable bonds is 7. The smallest absolute Gasteiger partial charge is 0.175 e. The molecule has 3 nitrogen and oxygen atoms in total. The first-order valence-corrected chi connectivity index (χ1v) is 9.76. The Balaban J connectivity index is 2.67. The zero-order chi connectivity index (χ0) is 20.3. The maximum Gasteiger partial charge on any atom is 0.175 e. The van der Waals surface area contributed by atoms with Crippen LogP contribution in [0.5, 0.6) is 0 Å². The second-order valence-electron chi connectivity index (χ2n) is 6.96. The van der Waals surface area contributed by atoms with E-state index in [1.807, 2.05) is 31.2 Å². The van der Waals surface area contributed by atoms with Gasteiger partial charge in [-0.25, -0.2) is 0 Å². The Morgan fingerprint density at radius 2 is 1.67 bits per heavy atom. The van der Waals surface area contributed by atoms with Crippen molar-refractivity contribution >= 4 is 34.8 Å². The second-order valence-corrected chi connectivity index (χ2v) is 7.80. The predicted molar refractivity (Wildman–Crippen MR) is 111 cm³/mol. The lowest BCUT2D eigenvalue weighted by atomic mass is 9.80. The number of ketones is 2. The number of carbonyl (C=O) groups excluding carboxylic acids is 2. The summed E-state index contributed by atoms with van der Waals surface area (Å²) in [4.78, 5) is 25.5. The van der Waals surface area contributed by atoms with Gasteiger partial charge in [0.25, 0.3) is 0 Å². The molecule has 0 aromatic heterocycles. The van der Waals surface area contributed by atoms with Gasteiger partial charge in [-0.1, -0.05) is 62.2 Å². The molecule has 0 radical (unpaired) electrons. The third-order valence-corrected chi connectivity index (χ3v) is 5.18. The summed E-state index contributed by atoms with van der Waals surface area (Å²) in [6, 6.07) is 10.9. The standard InChI is InChI=1S/C22H24Cl2O3/c1-5-14-6-7-15(17-9-8-16(23)11-19(17)24)10-18(14)20(21(26)12(2)3)22(27)13(4)25/h6-13,20,25H,5H2,1-4H3. The first-order chi connectivity index (χ1) is 12.7. The molecule has 0 heterocycles. The molecule has 0 aliphatic rings. The summed E-state index contributed by atoms with van der Waals surface area (Å²) in [5.74, 6) is -2.01. The molecule has 144 valence electrons. The minimum atomic E-state index is -1.22. The summed E-state index contributed by atoms with van der Waals surface area (Å²) in [5.41, 5.74) is 3.09. The first kappa shape index (κ1) is 21.6. The Morgan fingerprint density at radius 1 is 1.00 bits per heavy atom. The molecule has 27 heavy (non-hydrogen) atoms. The molecular weight excluding hydrogens is 383 g/mol. The van der Waals surface area contributed by atoms with E-state index < -0.39 is 17.8 Å². The predicted octanol–water partition coefficient (Wildman–Crippen LogP) is 5.48. The molecule has 0 spiro atoms. The maximum absolute atomic E-state index is 12.8. The lowest BCUT2D eigenvalue weighted by Crippen LogP contribution is -2.32. The second kappa shape index (κ2) is 9.01. The van der Waals surface area contributed by atoms with E-state index in [0.29, 0.717) is 22.0 Å². The van der Waals surface area contributed by atoms with Crippen LogP contribution in [0.3, 0.4) is 0 Å². The van der Waals surface area contributed by atoms with Crippen LogP contribution in [0.15, 0.2) is 36.4 Å². The van der Waals surface area contributed by atoms with Crippen LogP contribution in [0, 0.1) is 5.92 Å². The number of aliphatic hydroxyl groups is 1. The fourth-order valence-corrected chi connectivity index (χ4v) is 3.62. The quantitative estimate of drug-likeness (QED) is 0.619. The molecule has 0 saturated carbocycles. The summed E-state index contributed by atoms with van der Waals surface area (Å²) < 4.78 is 0. The van der Waals surface area contributed by atoms with Crippen LogP contribution in [0.2, 0.25) is 10.0 Å². The SMILES string of the molecule is CCc1ccc(-c2ccc(Cl)cc2Cl)cc1C(C(=O)C(C)C)C(=O)C(C)O. The average Bonchev–Trinajstić information content (AvgIpc) is 2.61. The Morgan fingerprint density at radius 3 is 2.19 bits per heavy atom. The van der Waals surface area contributed by atoms with E-state index >= 15 is 0 Å². The molecule has 0 fully saturated rings. The van der Waals surface area contributed by atoms with E-state index in [0.717, 1.165) is 16.7 Å². The third-order valence-electron chi connectivity index (χ3n) is 4.63. The largest absolute Gasteiger partial charge is 0.386 e. The van der Waals surface area contributed by atoms with Crippen LogP contribution in [0.1, 0.15) is 44.7 Å². The molecule has 0 aliphatic heterocycles. The molecular formula is C22H24Cl2O3. The van der Waals surface area contributed by atoms with Crippen molar-refractivity contribution in [1.29, 1.82) is 0 Å². The maximum atomic E-state index is 12.8. The fourth-order valence-electron chi connectivity index (χ4n) is 3.10. The number of benzene rings is 2. The number of Topliss-reactive ketones (excluding diaryl/α,β-unsaturated/α-hetero) is 2. The highest BCUT2D eigenvalue weighted by atomic mass is 35.5. The molecule has 0 aliphatic carbocycles. The number of aryl methyl sites for hydroxylation is 1. The van der Waals surface area contributed by atoms with Gasteiger partial charge >= 0.3 is 0 Å². The third kappa shape index (κ3) is 4.78. The Bertz CT molecular complexity index is 837. The Hall–Kier alpha value is -1.68. The van der Waals surface area contributed by atoms with Crippen LogP contribution >= 0.6 is 23.2 Å². The van der Waals surface area contributed by atoms with E-state index in [9.17, 15) is 14.7 Å². The molecule has 2 aromatic carbocycles. The van der Waals surface area contributed by atoms with Gasteiger partial charge in [0, 0.05) is 21.5 Å². The van der Waals surface area contributed by atoms with Crippen molar-refractivity contribution in [1.82, 2.24) is 0 Å². The summed E-state index contributed by atoms with van der Waals surface area (Å²) in [6.45, 7) is 6.89. The zero-order valence-corrected chi connectivity index (χ0v) is 17.4. The van der Waals surface area contributed by atoms with Crippen molar-refractivity contribution in [2.24, 2.45) is 5.92 Å². The van der Waals surface area contributed by atoms with Gasteiger partial charge in [0.2, 0.25) is 0 Å². The molecule has 0 amide bonds. The zero-order valence-electron chi connectivity index (χ0n) is 15.9. The van der Waals surface area contributed by atoms with E-state index in [-0.39, 0.29) is 11.7 Å². The van der Waals surface area contributed by atoms with Gasteiger partial charge in [-0.2, -0.15) is 0 Å². The van der Waals surface area contributed by atoms with Crippen molar-refractivity contribution in [2.45, 2.75) is 46.1 Å². The van der Waals surface area contributed by atoms with Gasteiger partial charge in [-0.05, 0) is 48.2 Å². The van der Waals surface area contributed by atoms with Gasteiger partial charge in [-0.15, -0.1) is 0 Å². The fraction of sp³-hybridized carbons (Fsp3) is 0.364. The van der Waals surface area contributed by atoms with Crippen LogP contribution in [0.4, 0.5) is 0 Å². The number of carbonyl (C=O) groups is 2. The van der Waals surface area contributed by atoms with E-state index in [1.54, 1.807) is 26.0 Å². The minimum Gasteiger partial charge on any atom is -0.386 e. The van der Waals surface area contributed by atoms with Crippen molar-refractivity contribution < 1.29 is 14.7 Å². The lowest BCUT2D eigenvalue weighted by molar-refractivity contribution is -0.135. The minimum absolute atomic E-state index is 0.199. The Labute approximate surface area is 170 Å². The number of hydrogen-bond acceptors (Lipinski definition) is 3. The average molecular weight is 407 g/mol. The molecule has 0 bridgehead atoms. The normalized spacial score (nSPS) is 13.5. The van der Waals surface area contributed by atoms with Gasteiger partial charge < -0.3 is 5.11 Å². The van der Waals surface area contributed by atoms with Gasteiger partial charge in [0.05, 0.1) is 0 Å². The summed E-state index contributed by atoms with van der Waals surface area (Å²) >= 11 is 12.3. The first-order valence-electron chi connectivity index (χ1n) is 9.01. The van der Waals surface area contributed by atoms with E-state index in [1.165, 1.54) is 6.92 Å². The van der Waals surface area contributed by atoms with Crippen molar-refractivity contribution in [3.63, 3.8) is 0 Å². The molecule has 0 saturated heterocycles. The molecule has 2 aromatic rings. The number of halogens is 2. The van der Waals surface area contributed by atoms with Gasteiger partial charge in [-0.3, -0.25) is 9.59 Å². The lowest BCUT2D eigenvalue weighted by Gasteiger charge is -2.22. The van der Waals surface area contributed by atoms with Crippen molar-refractivity contribution in [2.75, 3.05) is 0 Å². The van der Waals surface area contributed by atoms with Crippen LogP contribution < -0.4 is 0 Å². The highest BCUT2D eigenvalue weighted by molar-refractivity contribution is 6.36. The Kier molecular flexibility index (Phi) is 7.21. The molecule has 1 N–H and O–H groups in total. The van der Waals surface area contributed by atoms with Crippen molar-refractivity contribution in [3.8, 4) is 11.1 Å². The van der Waals surface area contributed by atoms with Gasteiger partial charge in [0.15, 0.2) is 5.78 Å². The van der Waals surface area contributed by atoms with Crippen LogP contribution in [-0.2, 0) is 16.0 Å². The molecule has 2 rings (SSSR count). The highest BCUT2D eigenvalue weighted by Crippen LogP contribution is 2.35. The molecule has 2 unspecified atom stereocenters. The van der Waals surface area contributed by atoms with E-state index in [4.69, 9.17) is 23.2 Å². The molecule has 2 atom stereocenters. The molecule has 5 heteroatoms. The topological polar surface area (TPSA) is 54.4 Å². The number of hydrogen-bond donors (Lipinski definition) is 1. The summed E-state index contributed by atoms with van der Waals surface area (Å²) in [7, 11) is 0. The van der Waals surface area contributed by atoms with E-state index in [2.05, 4.69) is 0 Å².